The van der Waals surface area contributed by atoms with Gasteiger partial charge in [-0.1, -0.05) is 5.21 Å². The van der Waals surface area contributed by atoms with Crippen molar-refractivity contribution >= 4 is 0 Å². The summed E-state index contributed by atoms with van der Waals surface area (Å²) >= 11 is 0. The van der Waals surface area contributed by atoms with E-state index in [1.165, 1.54) is 0 Å². The van der Waals surface area contributed by atoms with Crippen molar-refractivity contribution in [2.24, 2.45) is 0 Å². The third-order valence-electron chi connectivity index (χ3n) is 1.43. The molecule has 1 unspecified atom stereocenters. The van der Waals surface area contributed by atoms with Crippen LogP contribution in [0.5, 0.6) is 0 Å². The number of aromatic nitrogens is 3. The van der Waals surface area contributed by atoms with E-state index in [-0.39, 0.29) is 6.10 Å². The van der Waals surface area contributed by atoms with Crippen LogP contribution >= 0.6 is 0 Å². The highest BCUT2D eigenvalue weighted by molar-refractivity contribution is 4.64. The molecule has 0 aliphatic rings. The Morgan fingerprint density at radius 1 is 1.67 bits per heavy atom. The third kappa shape index (κ3) is 3.45. The predicted molar refractivity (Wildman–Crippen MR) is 44.6 cm³/mol. The van der Waals surface area contributed by atoms with Crippen LogP contribution in [0.2, 0.25) is 0 Å². The Morgan fingerprint density at radius 2 is 2.50 bits per heavy atom. The average Bonchev–Trinajstić information content (AvgIpc) is 2.49. The van der Waals surface area contributed by atoms with Crippen molar-refractivity contribution in [2.75, 3.05) is 13.1 Å². The molecule has 0 aliphatic carbocycles. The zero-order valence-corrected chi connectivity index (χ0v) is 7.14. The van der Waals surface area contributed by atoms with Crippen LogP contribution in [-0.2, 0) is 6.54 Å². The van der Waals surface area contributed by atoms with Crippen LogP contribution in [0.3, 0.4) is 0 Å². The summed E-state index contributed by atoms with van der Waals surface area (Å²) in [7, 11) is 0. The molecule has 5 nitrogen and oxygen atoms in total. The lowest BCUT2D eigenvalue weighted by Crippen LogP contribution is -2.27. The van der Waals surface area contributed by atoms with Gasteiger partial charge in [0.25, 0.3) is 0 Å². The Labute approximate surface area is 71.4 Å². The molecule has 0 radical (unpaired) electrons. The van der Waals surface area contributed by atoms with E-state index in [0.717, 1.165) is 13.1 Å². The number of nitrogens with zero attached hydrogens (tertiary/aromatic N) is 3. The summed E-state index contributed by atoms with van der Waals surface area (Å²) in [6, 6.07) is 0. The monoisotopic (exact) mass is 170 g/mol. The lowest BCUT2D eigenvalue weighted by Gasteiger charge is -2.05. The highest BCUT2D eigenvalue weighted by Crippen LogP contribution is 1.79. The van der Waals surface area contributed by atoms with Gasteiger partial charge in [-0.05, 0) is 6.92 Å². The smallest absolute Gasteiger partial charge is 0.0692 e. The van der Waals surface area contributed by atoms with Gasteiger partial charge in [0.15, 0.2) is 0 Å². The standard InChI is InChI=1S/C7H14N4O/c1-7(12)6-8-2-4-11-5-3-9-10-11/h3,5,7-8,12H,2,4,6H2,1H3. The SMILES string of the molecule is CC(O)CNCCn1ccnn1. The van der Waals surface area contributed by atoms with Gasteiger partial charge in [0.1, 0.15) is 0 Å². The van der Waals surface area contributed by atoms with E-state index < -0.39 is 0 Å². The van der Waals surface area contributed by atoms with Crippen molar-refractivity contribution in [3.63, 3.8) is 0 Å². The zero-order valence-electron chi connectivity index (χ0n) is 7.14. The molecule has 0 aliphatic heterocycles. The molecule has 12 heavy (non-hydrogen) atoms. The first kappa shape index (κ1) is 9.15. The molecule has 1 heterocycles. The molecule has 0 saturated heterocycles. The molecule has 0 saturated carbocycles. The van der Waals surface area contributed by atoms with Gasteiger partial charge >= 0.3 is 0 Å². The highest BCUT2D eigenvalue weighted by atomic mass is 16.3. The molecular formula is C7H14N4O. The zero-order chi connectivity index (χ0) is 8.81. The van der Waals surface area contributed by atoms with E-state index in [2.05, 4.69) is 15.6 Å². The maximum Gasteiger partial charge on any atom is 0.0692 e. The van der Waals surface area contributed by atoms with Crippen LogP contribution < -0.4 is 5.32 Å². The molecule has 2 N–H and O–H groups in total. The van der Waals surface area contributed by atoms with Gasteiger partial charge in [-0.15, -0.1) is 5.10 Å². The molecule has 68 valence electrons. The summed E-state index contributed by atoms with van der Waals surface area (Å²) < 4.78 is 1.75. The minimum absolute atomic E-state index is 0.291. The molecule has 5 heteroatoms. The van der Waals surface area contributed by atoms with Crippen molar-refractivity contribution in [1.82, 2.24) is 20.3 Å². The normalized spacial score (nSPS) is 13.2. The number of aliphatic hydroxyl groups is 1. The van der Waals surface area contributed by atoms with Crippen molar-refractivity contribution in [2.45, 2.75) is 19.6 Å². The lowest BCUT2D eigenvalue weighted by atomic mass is 10.4. The maximum absolute atomic E-state index is 8.91. The third-order valence-corrected chi connectivity index (χ3v) is 1.43. The van der Waals surface area contributed by atoms with E-state index >= 15 is 0 Å². The molecular weight excluding hydrogens is 156 g/mol. The van der Waals surface area contributed by atoms with Crippen LogP contribution in [0.1, 0.15) is 6.92 Å². The number of nitrogens with one attached hydrogen (secondary N) is 1. The van der Waals surface area contributed by atoms with E-state index in [1.54, 1.807) is 17.8 Å². The Balaban J connectivity index is 2.04. The first-order valence-corrected chi connectivity index (χ1v) is 4.02. The Hall–Kier alpha value is -0.940. The molecule has 0 amide bonds. The summed E-state index contributed by atoms with van der Waals surface area (Å²) in [4.78, 5) is 0. The second-order valence-electron chi connectivity index (χ2n) is 2.72. The van der Waals surface area contributed by atoms with Gasteiger partial charge in [-0.3, -0.25) is 4.68 Å². The Bertz CT molecular complexity index is 197. The fraction of sp³-hybridized carbons (Fsp3) is 0.714. The molecule has 1 aromatic heterocycles. The van der Waals surface area contributed by atoms with E-state index in [1.807, 2.05) is 6.20 Å². The van der Waals surface area contributed by atoms with Gasteiger partial charge in [0.05, 0.1) is 18.8 Å². The fourth-order valence-electron chi connectivity index (χ4n) is 0.857. The highest BCUT2D eigenvalue weighted by Gasteiger charge is 1.94. The lowest BCUT2D eigenvalue weighted by molar-refractivity contribution is 0.191. The molecule has 0 bridgehead atoms. The quantitative estimate of drug-likeness (QED) is 0.571. The maximum atomic E-state index is 8.91. The summed E-state index contributed by atoms with van der Waals surface area (Å²) in [6.45, 7) is 3.96. The summed E-state index contributed by atoms with van der Waals surface area (Å²) in [5, 5.41) is 19.5. The van der Waals surface area contributed by atoms with Gasteiger partial charge in [0.2, 0.25) is 0 Å². The van der Waals surface area contributed by atoms with Gasteiger partial charge in [-0.2, -0.15) is 0 Å². The average molecular weight is 170 g/mol. The topological polar surface area (TPSA) is 63.0 Å². The van der Waals surface area contributed by atoms with E-state index in [4.69, 9.17) is 5.11 Å². The summed E-state index contributed by atoms with van der Waals surface area (Å²) in [6.07, 6.45) is 3.17. The number of hydrogen-bond acceptors (Lipinski definition) is 4. The van der Waals surface area contributed by atoms with Gasteiger partial charge in [0, 0.05) is 19.3 Å². The van der Waals surface area contributed by atoms with Crippen molar-refractivity contribution in [3.05, 3.63) is 12.4 Å². The largest absolute Gasteiger partial charge is 0.392 e. The second-order valence-corrected chi connectivity index (χ2v) is 2.72. The van der Waals surface area contributed by atoms with Crippen LogP contribution in [0.15, 0.2) is 12.4 Å². The van der Waals surface area contributed by atoms with Crippen LogP contribution in [0.4, 0.5) is 0 Å². The van der Waals surface area contributed by atoms with Crippen LogP contribution in [0.25, 0.3) is 0 Å². The molecule has 1 atom stereocenters. The van der Waals surface area contributed by atoms with Crippen molar-refractivity contribution in [3.8, 4) is 0 Å². The van der Waals surface area contributed by atoms with Crippen molar-refractivity contribution < 1.29 is 5.11 Å². The summed E-state index contributed by atoms with van der Waals surface area (Å²) in [5.41, 5.74) is 0. The van der Waals surface area contributed by atoms with E-state index in [9.17, 15) is 0 Å². The number of hydrogen-bond donors (Lipinski definition) is 2. The minimum atomic E-state index is -0.291. The molecule has 0 aromatic carbocycles. The molecule has 1 aromatic rings. The molecule has 1 rings (SSSR count). The predicted octanol–water partition coefficient (Wildman–Crippen LogP) is -0.752. The first-order chi connectivity index (χ1) is 5.79. The fourth-order valence-corrected chi connectivity index (χ4v) is 0.857. The van der Waals surface area contributed by atoms with Crippen molar-refractivity contribution in [1.29, 1.82) is 0 Å². The van der Waals surface area contributed by atoms with Crippen LogP contribution in [-0.4, -0.2) is 39.3 Å². The number of rotatable bonds is 5. The van der Waals surface area contributed by atoms with E-state index in [0.29, 0.717) is 6.54 Å². The van der Waals surface area contributed by atoms with Gasteiger partial charge < -0.3 is 10.4 Å². The Kier molecular flexibility index (Phi) is 3.69. The van der Waals surface area contributed by atoms with Gasteiger partial charge in [-0.25, -0.2) is 0 Å². The summed E-state index contributed by atoms with van der Waals surface area (Å²) in [5.74, 6) is 0. The molecule has 0 fully saturated rings. The van der Waals surface area contributed by atoms with Crippen LogP contribution in [0, 0.1) is 0 Å². The minimum Gasteiger partial charge on any atom is -0.392 e. The number of aliphatic hydroxyl groups excluding tert-OH is 1. The second kappa shape index (κ2) is 4.84. The first-order valence-electron chi connectivity index (χ1n) is 4.02. The molecule has 0 spiro atoms. The Morgan fingerprint density at radius 3 is 3.08 bits per heavy atom.